The van der Waals surface area contributed by atoms with Crippen molar-refractivity contribution in [3.05, 3.63) is 24.3 Å². The number of carbonyl (C=O) groups excluding carboxylic acids is 1. The Morgan fingerprint density at radius 3 is 2.78 bits per heavy atom. The molecule has 0 radical (unpaired) electrons. The summed E-state index contributed by atoms with van der Waals surface area (Å²) in [5.74, 6) is 0.429. The zero-order chi connectivity index (χ0) is 13.5. The summed E-state index contributed by atoms with van der Waals surface area (Å²) in [5.41, 5.74) is 1.00. The summed E-state index contributed by atoms with van der Waals surface area (Å²) in [7, 11) is 1.94. The van der Waals surface area contributed by atoms with E-state index < -0.39 is 6.10 Å². The Kier molecular flexibility index (Phi) is 5.49. The average Bonchev–Trinajstić information content (AvgIpc) is 2.41. The summed E-state index contributed by atoms with van der Waals surface area (Å²) in [6.45, 7) is 6.69. The first kappa shape index (κ1) is 14.4. The van der Waals surface area contributed by atoms with Gasteiger partial charge in [-0.3, -0.25) is 0 Å². The lowest BCUT2D eigenvalue weighted by Gasteiger charge is -2.32. The van der Waals surface area contributed by atoms with Crippen molar-refractivity contribution in [2.24, 2.45) is 0 Å². The summed E-state index contributed by atoms with van der Waals surface area (Å²) < 4.78 is 10.6. The molecule has 18 heavy (non-hydrogen) atoms. The number of ether oxygens (including phenoxy) is 2. The second-order valence-corrected chi connectivity index (χ2v) is 3.71. The molecular formula is C14H21NO3. The van der Waals surface area contributed by atoms with Gasteiger partial charge >= 0.3 is 5.97 Å². The molecule has 4 nitrogen and oxygen atoms in total. The SMILES string of the molecule is CC.CCOC(=O)C1CN(C)c2ccccc2O1. The Labute approximate surface area is 108 Å². The van der Waals surface area contributed by atoms with Gasteiger partial charge in [-0.2, -0.15) is 0 Å². The van der Waals surface area contributed by atoms with E-state index in [4.69, 9.17) is 9.47 Å². The predicted molar refractivity (Wildman–Crippen MR) is 72.1 cm³/mol. The van der Waals surface area contributed by atoms with Crippen LogP contribution in [0.1, 0.15) is 20.8 Å². The Morgan fingerprint density at radius 1 is 1.44 bits per heavy atom. The van der Waals surface area contributed by atoms with E-state index >= 15 is 0 Å². The van der Waals surface area contributed by atoms with Crippen molar-refractivity contribution in [3.63, 3.8) is 0 Å². The molecule has 1 aliphatic rings. The molecule has 1 aromatic rings. The van der Waals surface area contributed by atoms with E-state index in [0.29, 0.717) is 13.2 Å². The highest BCUT2D eigenvalue weighted by molar-refractivity contribution is 5.78. The smallest absolute Gasteiger partial charge is 0.349 e. The van der Waals surface area contributed by atoms with Crippen LogP contribution in [0.15, 0.2) is 24.3 Å². The molecule has 1 aromatic carbocycles. The molecule has 4 heteroatoms. The normalized spacial score (nSPS) is 16.9. The molecule has 0 fully saturated rings. The van der Waals surface area contributed by atoms with Gasteiger partial charge < -0.3 is 14.4 Å². The molecule has 100 valence electrons. The molecule has 0 N–H and O–H groups in total. The third-order valence-corrected chi connectivity index (χ3v) is 2.53. The maximum absolute atomic E-state index is 11.6. The van der Waals surface area contributed by atoms with E-state index in [1.54, 1.807) is 6.92 Å². The number of anilines is 1. The maximum Gasteiger partial charge on any atom is 0.349 e. The van der Waals surface area contributed by atoms with Gasteiger partial charge in [-0.05, 0) is 19.1 Å². The summed E-state index contributed by atoms with van der Waals surface area (Å²) in [6.07, 6.45) is -0.528. The minimum Gasteiger partial charge on any atom is -0.475 e. The lowest BCUT2D eigenvalue weighted by molar-refractivity contribution is -0.151. The van der Waals surface area contributed by atoms with Crippen molar-refractivity contribution in [1.82, 2.24) is 0 Å². The zero-order valence-electron chi connectivity index (χ0n) is 11.5. The van der Waals surface area contributed by atoms with Crippen LogP contribution in [0, 0.1) is 0 Å². The molecular weight excluding hydrogens is 230 g/mol. The highest BCUT2D eigenvalue weighted by Gasteiger charge is 2.29. The number of carbonyl (C=O) groups is 1. The van der Waals surface area contributed by atoms with E-state index in [-0.39, 0.29) is 5.97 Å². The van der Waals surface area contributed by atoms with E-state index in [1.165, 1.54) is 0 Å². The third kappa shape index (κ3) is 3.15. The molecule has 0 saturated heterocycles. The number of esters is 1. The molecule has 0 aliphatic carbocycles. The van der Waals surface area contributed by atoms with Crippen LogP contribution in [0.3, 0.4) is 0 Å². The van der Waals surface area contributed by atoms with Gasteiger partial charge in [0, 0.05) is 7.05 Å². The topological polar surface area (TPSA) is 38.8 Å². The standard InChI is InChI=1S/C12H15NO3.C2H6/c1-3-15-12(14)11-8-13(2)9-6-4-5-7-10(9)16-11;1-2/h4-7,11H,3,8H2,1-2H3;1-2H3. The average molecular weight is 251 g/mol. The second kappa shape index (κ2) is 6.89. The number of hydrogen-bond donors (Lipinski definition) is 0. The van der Waals surface area contributed by atoms with Crippen LogP contribution >= 0.6 is 0 Å². The molecule has 1 heterocycles. The minimum atomic E-state index is -0.528. The first-order valence-corrected chi connectivity index (χ1v) is 6.36. The van der Waals surface area contributed by atoms with E-state index in [2.05, 4.69) is 0 Å². The van der Waals surface area contributed by atoms with Crippen LogP contribution in [0.4, 0.5) is 5.69 Å². The Bertz CT molecular complexity index is 392. The minimum absolute atomic E-state index is 0.302. The molecule has 1 aliphatic heterocycles. The van der Waals surface area contributed by atoms with Gasteiger partial charge in [0.05, 0.1) is 18.8 Å². The molecule has 0 amide bonds. The number of para-hydroxylation sites is 2. The lowest BCUT2D eigenvalue weighted by Crippen LogP contribution is -2.43. The molecule has 0 spiro atoms. The van der Waals surface area contributed by atoms with Gasteiger partial charge in [0.1, 0.15) is 5.75 Å². The molecule has 0 aromatic heterocycles. The fourth-order valence-corrected chi connectivity index (χ4v) is 1.77. The first-order chi connectivity index (χ1) is 8.72. The Balaban J connectivity index is 0.000000771. The van der Waals surface area contributed by atoms with Crippen LogP contribution in [-0.4, -0.2) is 32.3 Å². The van der Waals surface area contributed by atoms with Crippen LogP contribution in [0.2, 0.25) is 0 Å². The summed E-state index contributed by atoms with van der Waals surface area (Å²) in [5, 5.41) is 0. The molecule has 0 bridgehead atoms. The van der Waals surface area contributed by atoms with Crippen molar-refractivity contribution in [2.45, 2.75) is 26.9 Å². The van der Waals surface area contributed by atoms with E-state index in [1.807, 2.05) is 50.1 Å². The number of hydrogen-bond acceptors (Lipinski definition) is 4. The van der Waals surface area contributed by atoms with Gasteiger partial charge in [0.2, 0.25) is 6.10 Å². The summed E-state index contributed by atoms with van der Waals surface area (Å²) in [6, 6.07) is 7.66. The van der Waals surface area contributed by atoms with Crippen molar-refractivity contribution in [3.8, 4) is 5.75 Å². The maximum atomic E-state index is 11.6. The van der Waals surface area contributed by atoms with E-state index in [9.17, 15) is 4.79 Å². The van der Waals surface area contributed by atoms with Gasteiger partial charge in [0.15, 0.2) is 0 Å². The number of likely N-dealkylation sites (N-methyl/N-ethyl adjacent to an activating group) is 1. The zero-order valence-corrected chi connectivity index (χ0v) is 11.5. The quantitative estimate of drug-likeness (QED) is 0.757. The van der Waals surface area contributed by atoms with Gasteiger partial charge in [-0.25, -0.2) is 4.79 Å². The summed E-state index contributed by atoms with van der Waals surface area (Å²) in [4.78, 5) is 13.6. The van der Waals surface area contributed by atoms with Crippen LogP contribution in [0.25, 0.3) is 0 Å². The van der Waals surface area contributed by atoms with Crippen LogP contribution < -0.4 is 9.64 Å². The number of rotatable bonds is 2. The van der Waals surface area contributed by atoms with Crippen molar-refractivity contribution < 1.29 is 14.3 Å². The van der Waals surface area contributed by atoms with Gasteiger partial charge in [-0.15, -0.1) is 0 Å². The van der Waals surface area contributed by atoms with Crippen LogP contribution in [-0.2, 0) is 9.53 Å². The third-order valence-electron chi connectivity index (χ3n) is 2.53. The predicted octanol–water partition coefficient (Wildman–Crippen LogP) is 2.47. The number of fused-ring (bicyclic) bond motifs is 1. The highest BCUT2D eigenvalue weighted by Crippen LogP contribution is 2.31. The largest absolute Gasteiger partial charge is 0.475 e. The lowest BCUT2D eigenvalue weighted by atomic mass is 10.2. The molecule has 1 atom stereocenters. The fraction of sp³-hybridized carbons (Fsp3) is 0.500. The van der Waals surface area contributed by atoms with Crippen LogP contribution in [0.5, 0.6) is 5.75 Å². The number of benzene rings is 1. The Morgan fingerprint density at radius 2 is 2.11 bits per heavy atom. The van der Waals surface area contributed by atoms with Crippen molar-refractivity contribution >= 4 is 11.7 Å². The van der Waals surface area contributed by atoms with Crippen molar-refractivity contribution in [2.75, 3.05) is 25.1 Å². The monoisotopic (exact) mass is 251 g/mol. The Hall–Kier alpha value is -1.71. The fourth-order valence-electron chi connectivity index (χ4n) is 1.77. The second-order valence-electron chi connectivity index (χ2n) is 3.71. The number of nitrogens with zero attached hydrogens (tertiary/aromatic N) is 1. The highest BCUT2D eigenvalue weighted by atomic mass is 16.6. The van der Waals surface area contributed by atoms with Crippen molar-refractivity contribution in [1.29, 1.82) is 0 Å². The molecule has 0 saturated carbocycles. The van der Waals surface area contributed by atoms with Gasteiger partial charge in [0.25, 0.3) is 0 Å². The summed E-state index contributed by atoms with van der Waals surface area (Å²) >= 11 is 0. The molecule has 1 unspecified atom stereocenters. The van der Waals surface area contributed by atoms with E-state index in [0.717, 1.165) is 11.4 Å². The van der Waals surface area contributed by atoms with Gasteiger partial charge in [-0.1, -0.05) is 26.0 Å². The molecule has 2 rings (SSSR count). The first-order valence-electron chi connectivity index (χ1n) is 6.36.